The summed E-state index contributed by atoms with van der Waals surface area (Å²) < 4.78 is 19.7. The first-order chi connectivity index (χ1) is 8.72. The van der Waals surface area contributed by atoms with Crippen molar-refractivity contribution in [3.63, 3.8) is 0 Å². The maximum atomic E-state index is 13.9. The van der Waals surface area contributed by atoms with E-state index in [4.69, 9.17) is 4.74 Å². The number of rotatable bonds is 5. The molecule has 1 aliphatic carbocycles. The number of hydrogen-bond acceptors (Lipinski definition) is 2. The van der Waals surface area contributed by atoms with Gasteiger partial charge in [0.2, 0.25) is 0 Å². The van der Waals surface area contributed by atoms with E-state index >= 15 is 0 Å². The van der Waals surface area contributed by atoms with E-state index in [0.717, 1.165) is 32.2 Å². The molecule has 0 bridgehead atoms. The number of hydrogen-bond donors (Lipinski definition) is 1. The van der Waals surface area contributed by atoms with E-state index in [1.165, 1.54) is 0 Å². The van der Waals surface area contributed by atoms with E-state index in [2.05, 4.69) is 12.2 Å². The maximum absolute atomic E-state index is 13.9. The lowest BCUT2D eigenvalue weighted by molar-refractivity contribution is 0.167. The zero-order valence-electron chi connectivity index (χ0n) is 11.2. The van der Waals surface area contributed by atoms with Gasteiger partial charge in [-0.15, -0.1) is 0 Å². The van der Waals surface area contributed by atoms with Crippen molar-refractivity contribution in [3.8, 4) is 5.75 Å². The van der Waals surface area contributed by atoms with Gasteiger partial charge < -0.3 is 10.1 Å². The fourth-order valence-corrected chi connectivity index (χ4v) is 2.50. The van der Waals surface area contributed by atoms with Gasteiger partial charge in [0.05, 0.1) is 0 Å². The van der Waals surface area contributed by atoms with Gasteiger partial charge in [-0.25, -0.2) is 4.39 Å². The summed E-state index contributed by atoms with van der Waals surface area (Å²) in [6.07, 6.45) is 4.50. The third-order valence-corrected chi connectivity index (χ3v) is 3.54. The van der Waals surface area contributed by atoms with Crippen molar-refractivity contribution < 1.29 is 9.13 Å². The Hall–Kier alpha value is -1.09. The zero-order chi connectivity index (χ0) is 13.0. The van der Waals surface area contributed by atoms with E-state index in [1.807, 2.05) is 6.07 Å². The molecule has 2 atom stereocenters. The van der Waals surface area contributed by atoms with Crippen molar-refractivity contribution in [1.29, 1.82) is 0 Å². The van der Waals surface area contributed by atoms with Crippen LogP contribution in [0.1, 0.15) is 38.2 Å². The lowest BCUT2D eigenvalue weighted by Gasteiger charge is -2.22. The molecule has 1 aliphatic rings. The molecule has 0 heterocycles. The van der Waals surface area contributed by atoms with Gasteiger partial charge in [0.25, 0.3) is 0 Å². The highest BCUT2D eigenvalue weighted by atomic mass is 19.1. The highest BCUT2D eigenvalue weighted by Crippen LogP contribution is 2.27. The van der Waals surface area contributed by atoms with E-state index in [1.54, 1.807) is 19.1 Å². The second-order valence-electron chi connectivity index (χ2n) is 5.03. The molecular weight excluding hydrogens is 229 g/mol. The summed E-state index contributed by atoms with van der Waals surface area (Å²) in [5.41, 5.74) is 0.642. The average Bonchev–Trinajstić information content (AvgIpc) is 2.80. The normalized spacial score (nSPS) is 23.3. The van der Waals surface area contributed by atoms with Gasteiger partial charge in [-0.2, -0.15) is 0 Å². The van der Waals surface area contributed by atoms with Crippen molar-refractivity contribution >= 4 is 0 Å². The standard InChI is InChI=1S/C15H22FNO/c1-3-10-17-12-7-5-8-13(12)18-14-9-4-6-11(2)15(14)16/h4,6,9,12-13,17H,3,5,7-8,10H2,1-2H3. The Morgan fingerprint density at radius 2 is 2.22 bits per heavy atom. The van der Waals surface area contributed by atoms with Crippen LogP contribution in [-0.2, 0) is 0 Å². The summed E-state index contributed by atoms with van der Waals surface area (Å²) in [5, 5.41) is 3.49. The molecule has 18 heavy (non-hydrogen) atoms. The van der Waals surface area contributed by atoms with E-state index in [0.29, 0.717) is 17.4 Å². The molecule has 2 unspecified atom stereocenters. The highest BCUT2D eigenvalue weighted by Gasteiger charge is 2.29. The first-order valence-corrected chi connectivity index (χ1v) is 6.87. The quantitative estimate of drug-likeness (QED) is 0.865. The molecule has 1 fully saturated rings. The van der Waals surface area contributed by atoms with Crippen molar-refractivity contribution in [2.45, 2.75) is 51.7 Å². The van der Waals surface area contributed by atoms with Crippen LogP contribution < -0.4 is 10.1 Å². The molecular formula is C15H22FNO. The number of ether oxygens (including phenoxy) is 1. The minimum Gasteiger partial charge on any atom is -0.486 e. The van der Waals surface area contributed by atoms with Crippen molar-refractivity contribution in [2.75, 3.05) is 6.54 Å². The highest BCUT2D eigenvalue weighted by molar-refractivity contribution is 5.30. The van der Waals surface area contributed by atoms with Gasteiger partial charge >= 0.3 is 0 Å². The summed E-state index contributed by atoms with van der Waals surface area (Å²) in [5.74, 6) is 0.170. The Kier molecular flexibility index (Phi) is 4.59. The monoisotopic (exact) mass is 251 g/mol. The van der Waals surface area contributed by atoms with Gasteiger partial charge in [-0.1, -0.05) is 19.1 Å². The minimum atomic E-state index is -0.223. The molecule has 100 valence electrons. The summed E-state index contributed by atoms with van der Waals surface area (Å²) in [4.78, 5) is 0. The molecule has 1 N–H and O–H groups in total. The van der Waals surface area contributed by atoms with Gasteiger partial charge in [0.15, 0.2) is 11.6 Å². The molecule has 0 saturated heterocycles. The largest absolute Gasteiger partial charge is 0.486 e. The topological polar surface area (TPSA) is 21.3 Å². The lowest BCUT2D eigenvalue weighted by atomic mass is 10.2. The molecule has 0 radical (unpaired) electrons. The van der Waals surface area contributed by atoms with E-state index in [-0.39, 0.29) is 11.9 Å². The van der Waals surface area contributed by atoms with Crippen molar-refractivity contribution in [1.82, 2.24) is 5.32 Å². The zero-order valence-corrected chi connectivity index (χ0v) is 11.2. The number of halogens is 1. The van der Waals surface area contributed by atoms with Crippen LogP contribution in [-0.4, -0.2) is 18.7 Å². The second-order valence-corrected chi connectivity index (χ2v) is 5.03. The molecule has 2 rings (SSSR count). The van der Waals surface area contributed by atoms with Gasteiger partial charge in [-0.3, -0.25) is 0 Å². The van der Waals surface area contributed by atoms with Gasteiger partial charge in [0.1, 0.15) is 6.10 Å². The summed E-state index contributed by atoms with van der Waals surface area (Å²) in [7, 11) is 0. The smallest absolute Gasteiger partial charge is 0.167 e. The third-order valence-electron chi connectivity index (χ3n) is 3.54. The van der Waals surface area contributed by atoms with Crippen LogP contribution in [0.25, 0.3) is 0 Å². The SMILES string of the molecule is CCCNC1CCCC1Oc1cccc(C)c1F. The fourth-order valence-electron chi connectivity index (χ4n) is 2.50. The van der Waals surface area contributed by atoms with Crippen LogP contribution in [0.4, 0.5) is 4.39 Å². The van der Waals surface area contributed by atoms with Crippen molar-refractivity contribution in [3.05, 3.63) is 29.6 Å². The van der Waals surface area contributed by atoms with Crippen LogP contribution in [0.5, 0.6) is 5.75 Å². The first-order valence-electron chi connectivity index (χ1n) is 6.87. The molecule has 2 nitrogen and oxygen atoms in total. The average molecular weight is 251 g/mol. The molecule has 0 amide bonds. The Morgan fingerprint density at radius 3 is 3.00 bits per heavy atom. The summed E-state index contributed by atoms with van der Waals surface area (Å²) in [6, 6.07) is 5.70. The van der Waals surface area contributed by atoms with Crippen LogP contribution in [0.15, 0.2) is 18.2 Å². The molecule has 0 spiro atoms. The third kappa shape index (κ3) is 3.02. The summed E-state index contributed by atoms with van der Waals surface area (Å²) >= 11 is 0. The van der Waals surface area contributed by atoms with E-state index < -0.39 is 0 Å². The number of nitrogens with one attached hydrogen (secondary N) is 1. The molecule has 1 saturated carbocycles. The van der Waals surface area contributed by atoms with E-state index in [9.17, 15) is 4.39 Å². The fraction of sp³-hybridized carbons (Fsp3) is 0.600. The Labute approximate surface area is 109 Å². The van der Waals surface area contributed by atoms with Crippen LogP contribution in [0.3, 0.4) is 0 Å². The Balaban J connectivity index is 2.01. The lowest BCUT2D eigenvalue weighted by Crippen LogP contribution is -2.39. The first kappa shape index (κ1) is 13.3. The molecule has 0 aliphatic heterocycles. The van der Waals surface area contributed by atoms with Crippen LogP contribution >= 0.6 is 0 Å². The number of benzene rings is 1. The summed E-state index contributed by atoms with van der Waals surface area (Å²) in [6.45, 7) is 4.92. The Morgan fingerprint density at radius 1 is 1.39 bits per heavy atom. The maximum Gasteiger partial charge on any atom is 0.167 e. The molecule has 1 aromatic rings. The predicted octanol–water partition coefficient (Wildman–Crippen LogP) is 3.43. The minimum absolute atomic E-state index is 0.104. The van der Waals surface area contributed by atoms with Gasteiger partial charge in [0, 0.05) is 6.04 Å². The number of aryl methyl sites for hydroxylation is 1. The molecule has 1 aromatic carbocycles. The van der Waals surface area contributed by atoms with Crippen LogP contribution in [0, 0.1) is 12.7 Å². The predicted molar refractivity (Wildman–Crippen MR) is 71.5 cm³/mol. The second kappa shape index (κ2) is 6.19. The molecule has 0 aromatic heterocycles. The van der Waals surface area contributed by atoms with Crippen LogP contribution in [0.2, 0.25) is 0 Å². The molecule has 3 heteroatoms. The van der Waals surface area contributed by atoms with Crippen molar-refractivity contribution in [2.24, 2.45) is 0 Å². The van der Waals surface area contributed by atoms with Gasteiger partial charge in [-0.05, 0) is 50.8 Å². The Bertz CT molecular complexity index is 394.